The fourth-order valence-electron chi connectivity index (χ4n) is 2.16. The minimum atomic E-state index is 0.831. The number of benzene rings is 2. The van der Waals surface area contributed by atoms with Gasteiger partial charge in [0, 0.05) is 12.1 Å². The summed E-state index contributed by atoms with van der Waals surface area (Å²) in [6.07, 6.45) is 0. The summed E-state index contributed by atoms with van der Waals surface area (Å²) in [6, 6.07) is 14.3. The van der Waals surface area contributed by atoms with E-state index in [1.807, 2.05) is 18.2 Å². The lowest BCUT2D eigenvalue weighted by atomic mass is 10.0. The van der Waals surface area contributed by atoms with Crippen molar-refractivity contribution in [2.24, 2.45) is 0 Å². The van der Waals surface area contributed by atoms with E-state index < -0.39 is 0 Å². The number of hydrogen-bond acceptors (Lipinski definition) is 3. The average Bonchev–Trinajstić information content (AvgIpc) is 2.52. The van der Waals surface area contributed by atoms with Gasteiger partial charge in [-0.25, -0.2) is 0 Å². The molecule has 0 radical (unpaired) electrons. The van der Waals surface area contributed by atoms with Crippen LogP contribution in [0.1, 0.15) is 12.5 Å². The first-order chi connectivity index (χ1) is 9.78. The molecule has 2 aromatic rings. The van der Waals surface area contributed by atoms with E-state index >= 15 is 0 Å². The molecule has 2 rings (SSSR count). The zero-order chi connectivity index (χ0) is 14.4. The van der Waals surface area contributed by atoms with Gasteiger partial charge in [-0.3, -0.25) is 0 Å². The number of methoxy groups -OCH3 is 2. The molecule has 0 aromatic heterocycles. The molecule has 3 nitrogen and oxygen atoms in total. The highest BCUT2D eigenvalue weighted by molar-refractivity contribution is 5.72. The van der Waals surface area contributed by atoms with Gasteiger partial charge in [-0.15, -0.1) is 0 Å². The molecule has 0 atom stereocenters. The summed E-state index contributed by atoms with van der Waals surface area (Å²) in [7, 11) is 3.36. The van der Waals surface area contributed by atoms with Crippen molar-refractivity contribution in [1.82, 2.24) is 5.32 Å². The first-order valence-corrected chi connectivity index (χ1v) is 6.80. The van der Waals surface area contributed by atoms with E-state index in [9.17, 15) is 0 Å². The summed E-state index contributed by atoms with van der Waals surface area (Å²) >= 11 is 0. The van der Waals surface area contributed by atoms with Crippen LogP contribution >= 0.6 is 0 Å². The van der Waals surface area contributed by atoms with Crippen LogP contribution in [0, 0.1) is 0 Å². The second-order valence-corrected chi connectivity index (χ2v) is 4.55. The molecule has 2 aromatic carbocycles. The van der Waals surface area contributed by atoms with Crippen LogP contribution < -0.4 is 14.8 Å². The smallest absolute Gasteiger partial charge is 0.126 e. The van der Waals surface area contributed by atoms with E-state index in [2.05, 4.69) is 36.5 Å². The van der Waals surface area contributed by atoms with Crippen LogP contribution in [-0.4, -0.2) is 20.8 Å². The summed E-state index contributed by atoms with van der Waals surface area (Å²) in [5.41, 5.74) is 3.44. The number of nitrogens with one attached hydrogen (secondary N) is 1. The summed E-state index contributed by atoms with van der Waals surface area (Å²) < 4.78 is 10.8. The fourth-order valence-corrected chi connectivity index (χ4v) is 2.16. The Bertz CT molecular complexity index is 567. The molecule has 0 aliphatic carbocycles. The van der Waals surface area contributed by atoms with E-state index in [1.165, 1.54) is 5.56 Å². The molecule has 3 heteroatoms. The molecular formula is C17H21NO2. The molecule has 0 amide bonds. The Kier molecular flexibility index (Phi) is 5.02. The molecule has 0 bridgehead atoms. The first-order valence-electron chi connectivity index (χ1n) is 6.80. The Labute approximate surface area is 120 Å². The first kappa shape index (κ1) is 14.4. The summed E-state index contributed by atoms with van der Waals surface area (Å²) in [4.78, 5) is 0. The van der Waals surface area contributed by atoms with Gasteiger partial charge < -0.3 is 14.8 Å². The average molecular weight is 271 g/mol. The van der Waals surface area contributed by atoms with Crippen LogP contribution in [-0.2, 0) is 6.54 Å². The lowest BCUT2D eigenvalue weighted by Crippen LogP contribution is -2.11. The highest BCUT2D eigenvalue weighted by Crippen LogP contribution is 2.33. The lowest BCUT2D eigenvalue weighted by molar-refractivity contribution is 0.404. The molecule has 0 unspecified atom stereocenters. The maximum atomic E-state index is 5.45. The predicted molar refractivity (Wildman–Crippen MR) is 82.4 cm³/mol. The van der Waals surface area contributed by atoms with Crippen LogP contribution in [0.5, 0.6) is 11.5 Å². The molecule has 0 spiro atoms. The molecule has 0 aliphatic rings. The van der Waals surface area contributed by atoms with Crippen molar-refractivity contribution >= 4 is 0 Å². The van der Waals surface area contributed by atoms with E-state index in [4.69, 9.17) is 9.47 Å². The van der Waals surface area contributed by atoms with Crippen molar-refractivity contribution in [3.8, 4) is 22.6 Å². The van der Waals surface area contributed by atoms with Gasteiger partial charge in [-0.05, 0) is 41.9 Å². The van der Waals surface area contributed by atoms with Gasteiger partial charge in [-0.1, -0.05) is 25.1 Å². The molecular weight excluding hydrogens is 250 g/mol. The topological polar surface area (TPSA) is 30.5 Å². The highest BCUT2D eigenvalue weighted by Gasteiger charge is 2.08. The summed E-state index contributed by atoms with van der Waals surface area (Å²) in [6.45, 7) is 3.94. The van der Waals surface area contributed by atoms with Crippen molar-refractivity contribution in [3.63, 3.8) is 0 Å². The van der Waals surface area contributed by atoms with Gasteiger partial charge in [0.2, 0.25) is 0 Å². The third-order valence-electron chi connectivity index (χ3n) is 3.22. The second kappa shape index (κ2) is 6.96. The number of rotatable bonds is 6. The maximum Gasteiger partial charge on any atom is 0.126 e. The highest BCUT2D eigenvalue weighted by atomic mass is 16.5. The number of hydrogen-bond donors (Lipinski definition) is 1. The van der Waals surface area contributed by atoms with Crippen molar-refractivity contribution in [2.75, 3.05) is 20.8 Å². The normalized spacial score (nSPS) is 10.3. The van der Waals surface area contributed by atoms with Crippen molar-refractivity contribution in [2.45, 2.75) is 13.5 Å². The monoisotopic (exact) mass is 271 g/mol. The van der Waals surface area contributed by atoms with Crippen molar-refractivity contribution in [1.29, 1.82) is 0 Å². The predicted octanol–water partition coefficient (Wildman–Crippen LogP) is 3.48. The SMILES string of the molecule is CCNCc1cccc(-c2cc(OC)ccc2OC)c1. The van der Waals surface area contributed by atoms with E-state index in [0.29, 0.717) is 0 Å². The Hall–Kier alpha value is -2.00. The largest absolute Gasteiger partial charge is 0.497 e. The van der Waals surface area contributed by atoms with Gasteiger partial charge >= 0.3 is 0 Å². The Morgan fingerprint density at radius 1 is 1.00 bits per heavy atom. The van der Waals surface area contributed by atoms with Crippen LogP contribution in [0.15, 0.2) is 42.5 Å². The van der Waals surface area contributed by atoms with E-state index in [1.54, 1.807) is 14.2 Å². The number of ether oxygens (including phenoxy) is 2. The standard InChI is InChI=1S/C17H21NO2/c1-4-18-12-13-6-5-7-14(10-13)16-11-15(19-2)8-9-17(16)20-3/h5-11,18H,4,12H2,1-3H3. The third kappa shape index (κ3) is 3.31. The van der Waals surface area contributed by atoms with E-state index in [-0.39, 0.29) is 0 Å². The third-order valence-corrected chi connectivity index (χ3v) is 3.22. The quantitative estimate of drug-likeness (QED) is 0.872. The van der Waals surface area contributed by atoms with Crippen LogP contribution in [0.25, 0.3) is 11.1 Å². The van der Waals surface area contributed by atoms with Crippen molar-refractivity contribution in [3.05, 3.63) is 48.0 Å². The van der Waals surface area contributed by atoms with Gasteiger partial charge in [0.1, 0.15) is 11.5 Å². The fraction of sp³-hybridized carbons (Fsp3) is 0.294. The van der Waals surface area contributed by atoms with Crippen molar-refractivity contribution < 1.29 is 9.47 Å². The van der Waals surface area contributed by atoms with E-state index in [0.717, 1.165) is 35.7 Å². The lowest BCUT2D eigenvalue weighted by Gasteiger charge is -2.12. The minimum absolute atomic E-state index is 0.831. The maximum absolute atomic E-state index is 5.45. The van der Waals surface area contributed by atoms with Crippen LogP contribution in [0.4, 0.5) is 0 Å². The molecule has 0 aliphatic heterocycles. The molecule has 0 saturated carbocycles. The van der Waals surface area contributed by atoms with Crippen LogP contribution in [0.2, 0.25) is 0 Å². The Morgan fingerprint density at radius 3 is 2.55 bits per heavy atom. The van der Waals surface area contributed by atoms with Gasteiger partial charge in [0.05, 0.1) is 14.2 Å². The Balaban J connectivity index is 2.39. The Morgan fingerprint density at radius 2 is 1.85 bits per heavy atom. The molecule has 0 fully saturated rings. The molecule has 0 saturated heterocycles. The van der Waals surface area contributed by atoms with Crippen LogP contribution in [0.3, 0.4) is 0 Å². The zero-order valence-corrected chi connectivity index (χ0v) is 12.3. The minimum Gasteiger partial charge on any atom is -0.497 e. The molecule has 0 heterocycles. The van der Waals surface area contributed by atoms with Gasteiger partial charge in [-0.2, -0.15) is 0 Å². The summed E-state index contributed by atoms with van der Waals surface area (Å²) in [5, 5.41) is 3.34. The molecule has 20 heavy (non-hydrogen) atoms. The summed E-state index contributed by atoms with van der Waals surface area (Å²) in [5.74, 6) is 1.68. The van der Waals surface area contributed by atoms with Gasteiger partial charge in [0.15, 0.2) is 0 Å². The molecule has 1 N–H and O–H groups in total. The molecule has 106 valence electrons. The second-order valence-electron chi connectivity index (χ2n) is 4.55. The van der Waals surface area contributed by atoms with Gasteiger partial charge in [0.25, 0.3) is 0 Å². The zero-order valence-electron chi connectivity index (χ0n) is 12.3.